The van der Waals surface area contributed by atoms with Gasteiger partial charge in [-0.1, -0.05) is 57.9 Å². The minimum Gasteiger partial charge on any atom is -0.493 e. The van der Waals surface area contributed by atoms with Crippen molar-refractivity contribution in [1.29, 1.82) is 0 Å². The summed E-state index contributed by atoms with van der Waals surface area (Å²) >= 11 is 3.68. The second-order valence-corrected chi connectivity index (χ2v) is 10.8. The zero-order valence-electron chi connectivity index (χ0n) is 22.4. The summed E-state index contributed by atoms with van der Waals surface area (Å²) in [6.07, 6.45) is 0.977. The molecule has 0 aromatic heterocycles. The highest BCUT2D eigenvalue weighted by molar-refractivity contribution is 9.10. The number of anilines is 1. The van der Waals surface area contributed by atoms with E-state index < -0.39 is 5.92 Å². The van der Waals surface area contributed by atoms with Crippen molar-refractivity contribution in [1.82, 2.24) is 5.32 Å². The Balaban J connectivity index is 1.55. The summed E-state index contributed by atoms with van der Waals surface area (Å²) in [5.41, 5.74) is 6.50. The standard InChI is InChI=1S/C32H31BrN2O4/c1-18-9-12-22(13-10-18)35-32(37)29-19(2)34-25-15-21(20-11-14-27(38-3)28(17-20)39-4)16-26(36)31(25)30(29)23-7-5-6-8-24(23)33/h5-14,17,21,30,34H,15-16H2,1-4H3,(H,35,37)/t21-,30-/m0/s1. The second kappa shape index (κ2) is 11.1. The number of aryl methyl sites for hydroxylation is 1. The van der Waals surface area contributed by atoms with Crippen LogP contribution in [0.3, 0.4) is 0 Å². The Morgan fingerprint density at radius 1 is 0.949 bits per heavy atom. The lowest BCUT2D eigenvalue weighted by molar-refractivity contribution is -0.116. The van der Waals surface area contributed by atoms with E-state index in [1.54, 1.807) is 14.2 Å². The number of dihydropyridines is 1. The third-order valence-corrected chi connectivity index (χ3v) is 8.20. The number of rotatable bonds is 6. The summed E-state index contributed by atoms with van der Waals surface area (Å²) in [6, 6.07) is 21.3. The van der Waals surface area contributed by atoms with Gasteiger partial charge in [0.2, 0.25) is 0 Å². The lowest BCUT2D eigenvalue weighted by Gasteiger charge is -2.37. The van der Waals surface area contributed by atoms with E-state index in [2.05, 4.69) is 26.6 Å². The van der Waals surface area contributed by atoms with Crippen molar-refractivity contribution in [2.24, 2.45) is 0 Å². The van der Waals surface area contributed by atoms with Gasteiger partial charge < -0.3 is 20.1 Å². The summed E-state index contributed by atoms with van der Waals surface area (Å²) in [7, 11) is 3.21. The molecule has 0 unspecified atom stereocenters. The quantitative estimate of drug-likeness (QED) is 0.333. The Kier molecular flexibility index (Phi) is 7.62. The highest BCUT2D eigenvalue weighted by Crippen LogP contribution is 2.47. The van der Waals surface area contributed by atoms with E-state index in [1.165, 1.54) is 0 Å². The molecule has 1 aliphatic carbocycles. The Hall–Kier alpha value is -3.84. The number of hydrogen-bond donors (Lipinski definition) is 2. The van der Waals surface area contributed by atoms with Crippen LogP contribution in [-0.4, -0.2) is 25.9 Å². The molecule has 0 saturated carbocycles. The van der Waals surface area contributed by atoms with Crippen LogP contribution in [0.15, 0.2) is 93.7 Å². The number of ether oxygens (including phenoxy) is 2. The van der Waals surface area contributed by atoms with Gasteiger partial charge in [-0.2, -0.15) is 0 Å². The molecule has 0 saturated heterocycles. The first-order valence-corrected chi connectivity index (χ1v) is 13.7. The predicted molar refractivity (Wildman–Crippen MR) is 156 cm³/mol. The van der Waals surface area contributed by atoms with Crippen molar-refractivity contribution in [3.05, 3.63) is 110 Å². The average molecular weight is 588 g/mol. The van der Waals surface area contributed by atoms with Crippen LogP contribution in [0, 0.1) is 6.92 Å². The molecule has 2 aliphatic rings. The summed E-state index contributed by atoms with van der Waals surface area (Å²) < 4.78 is 11.8. The monoisotopic (exact) mass is 586 g/mol. The van der Waals surface area contributed by atoms with Gasteiger partial charge in [0, 0.05) is 45.0 Å². The number of Topliss-reactive ketones (excluding diaryl/α,β-unsaturated/α-hetero) is 1. The van der Waals surface area contributed by atoms with Crippen molar-refractivity contribution in [2.45, 2.75) is 38.5 Å². The molecule has 0 bridgehead atoms. The number of hydrogen-bond acceptors (Lipinski definition) is 5. The Labute approximate surface area is 237 Å². The molecule has 200 valence electrons. The number of amides is 1. The van der Waals surface area contributed by atoms with Gasteiger partial charge >= 0.3 is 0 Å². The number of methoxy groups -OCH3 is 2. The van der Waals surface area contributed by atoms with Gasteiger partial charge in [0.1, 0.15) is 0 Å². The average Bonchev–Trinajstić information content (AvgIpc) is 2.93. The Morgan fingerprint density at radius 3 is 2.36 bits per heavy atom. The van der Waals surface area contributed by atoms with Crippen LogP contribution < -0.4 is 20.1 Å². The molecule has 0 fully saturated rings. The molecule has 39 heavy (non-hydrogen) atoms. The van der Waals surface area contributed by atoms with E-state index in [9.17, 15) is 9.59 Å². The molecule has 6 nitrogen and oxygen atoms in total. The van der Waals surface area contributed by atoms with Crippen LogP contribution >= 0.6 is 15.9 Å². The summed E-state index contributed by atoms with van der Waals surface area (Å²) in [5.74, 6) is 0.552. The van der Waals surface area contributed by atoms with E-state index in [0.717, 1.165) is 32.6 Å². The van der Waals surface area contributed by atoms with E-state index in [1.807, 2.05) is 80.6 Å². The maximum absolute atomic E-state index is 13.9. The molecule has 1 aliphatic heterocycles. The fourth-order valence-electron chi connectivity index (χ4n) is 5.54. The molecular weight excluding hydrogens is 556 g/mol. The van der Waals surface area contributed by atoms with Gasteiger partial charge in [0.05, 0.1) is 14.2 Å². The topological polar surface area (TPSA) is 76.7 Å². The number of carbonyl (C=O) groups excluding carboxylic acids is 2. The minimum atomic E-state index is -0.499. The van der Waals surface area contributed by atoms with E-state index in [4.69, 9.17) is 9.47 Å². The predicted octanol–water partition coefficient (Wildman–Crippen LogP) is 6.78. The van der Waals surface area contributed by atoms with Crippen molar-refractivity contribution in [3.63, 3.8) is 0 Å². The van der Waals surface area contributed by atoms with Gasteiger partial charge in [-0.05, 0) is 67.6 Å². The zero-order valence-corrected chi connectivity index (χ0v) is 24.0. The molecule has 7 heteroatoms. The van der Waals surface area contributed by atoms with Crippen LogP contribution in [0.1, 0.15) is 48.3 Å². The molecule has 1 amide bonds. The number of benzene rings is 3. The molecule has 0 spiro atoms. The van der Waals surface area contributed by atoms with Gasteiger partial charge in [0.15, 0.2) is 17.3 Å². The molecular formula is C32H31BrN2O4. The Morgan fingerprint density at radius 2 is 1.67 bits per heavy atom. The van der Waals surface area contributed by atoms with Crippen LogP contribution in [0.2, 0.25) is 0 Å². The first-order chi connectivity index (χ1) is 18.8. The smallest absolute Gasteiger partial charge is 0.254 e. The number of ketones is 1. The number of halogens is 1. The van der Waals surface area contributed by atoms with Crippen molar-refractivity contribution in [3.8, 4) is 11.5 Å². The molecule has 1 heterocycles. The second-order valence-electron chi connectivity index (χ2n) is 9.97. The SMILES string of the molecule is COc1ccc([C@@H]2CC(=O)C3=C(C2)NC(C)=C(C(=O)Nc2ccc(C)cc2)[C@@H]3c2ccccc2Br)cc1OC. The van der Waals surface area contributed by atoms with Gasteiger partial charge in [-0.3, -0.25) is 9.59 Å². The fourth-order valence-corrected chi connectivity index (χ4v) is 6.05. The molecule has 5 rings (SSSR count). The van der Waals surface area contributed by atoms with Gasteiger partial charge in [0.25, 0.3) is 5.91 Å². The van der Waals surface area contributed by atoms with E-state index in [0.29, 0.717) is 41.2 Å². The lowest BCUT2D eigenvalue weighted by Crippen LogP contribution is -2.37. The zero-order chi connectivity index (χ0) is 27.7. The van der Waals surface area contributed by atoms with Crippen LogP contribution in [0.25, 0.3) is 0 Å². The first-order valence-electron chi connectivity index (χ1n) is 12.9. The normalized spacial score (nSPS) is 18.8. The molecule has 2 atom stereocenters. The van der Waals surface area contributed by atoms with Crippen LogP contribution in [-0.2, 0) is 9.59 Å². The van der Waals surface area contributed by atoms with Gasteiger partial charge in [-0.25, -0.2) is 0 Å². The third-order valence-electron chi connectivity index (χ3n) is 7.48. The lowest BCUT2D eigenvalue weighted by atomic mass is 9.71. The number of allylic oxidation sites excluding steroid dienone is 3. The molecule has 3 aromatic rings. The third kappa shape index (κ3) is 5.23. The number of carbonyl (C=O) groups is 2. The van der Waals surface area contributed by atoms with Crippen molar-refractivity contribution >= 4 is 33.3 Å². The largest absolute Gasteiger partial charge is 0.493 e. The summed E-state index contributed by atoms with van der Waals surface area (Å²) in [4.78, 5) is 27.7. The van der Waals surface area contributed by atoms with Crippen LogP contribution in [0.5, 0.6) is 11.5 Å². The maximum atomic E-state index is 13.9. The summed E-state index contributed by atoms with van der Waals surface area (Å²) in [5, 5.41) is 6.50. The van der Waals surface area contributed by atoms with E-state index >= 15 is 0 Å². The van der Waals surface area contributed by atoms with Crippen molar-refractivity contribution < 1.29 is 19.1 Å². The highest BCUT2D eigenvalue weighted by atomic mass is 79.9. The number of nitrogens with one attached hydrogen (secondary N) is 2. The molecule has 2 N–H and O–H groups in total. The summed E-state index contributed by atoms with van der Waals surface area (Å²) in [6.45, 7) is 3.91. The highest BCUT2D eigenvalue weighted by Gasteiger charge is 2.41. The van der Waals surface area contributed by atoms with Crippen molar-refractivity contribution in [2.75, 3.05) is 19.5 Å². The molecule has 3 aromatic carbocycles. The Bertz CT molecular complexity index is 1510. The molecule has 0 radical (unpaired) electrons. The first kappa shape index (κ1) is 26.8. The van der Waals surface area contributed by atoms with Gasteiger partial charge in [-0.15, -0.1) is 0 Å². The maximum Gasteiger partial charge on any atom is 0.254 e. The van der Waals surface area contributed by atoms with E-state index in [-0.39, 0.29) is 17.6 Å². The minimum absolute atomic E-state index is 0.0254. The fraction of sp³-hybridized carbons (Fsp3) is 0.250. The van der Waals surface area contributed by atoms with Crippen LogP contribution in [0.4, 0.5) is 5.69 Å².